The number of nitrogens with one attached hydrogen (secondary N) is 1. The molecule has 5 heteroatoms. The van der Waals surface area contributed by atoms with E-state index in [9.17, 15) is 9.59 Å². The SMILES string of the molecule is CCOC(=O)[C@@H](NC(=O)CCC(C)O)C(C)C. The van der Waals surface area contributed by atoms with Crippen molar-refractivity contribution in [1.82, 2.24) is 5.32 Å². The fourth-order valence-electron chi connectivity index (χ4n) is 1.32. The van der Waals surface area contributed by atoms with E-state index < -0.39 is 18.1 Å². The number of aliphatic hydroxyl groups is 1. The number of ether oxygens (including phenoxy) is 1. The van der Waals surface area contributed by atoms with Gasteiger partial charge in [-0.1, -0.05) is 13.8 Å². The van der Waals surface area contributed by atoms with Gasteiger partial charge in [-0.3, -0.25) is 4.79 Å². The third-order valence-electron chi connectivity index (χ3n) is 2.31. The molecule has 0 saturated heterocycles. The normalized spacial score (nSPS) is 14.2. The van der Waals surface area contributed by atoms with Gasteiger partial charge in [0.15, 0.2) is 0 Å². The molecule has 0 heterocycles. The molecular weight excluding hydrogens is 222 g/mol. The molecule has 0 rings (SSSR count). The van der Waals surface area contributed by atoms with Gasteiger partial charge in [0, 0.05) is 6.42 Å². The smallest absolute Gasteiger partial charge is 0.328 e. The first-order valence-electron chi connectivity index (χ1n) is 6.02. The van der Waals surface area contributed by atoms with E-state index in [2.05, 4.69) is 5.32 Å². The lowest BCUT2D eigenvalue weighted by Gasteiger charge is -2.20. The molecule has 0 saturated carbocycles. The number of esters is 1. The second-order valence-electron chi connectivity index (χ2n) is 4.43. The van der Waals surface area contributed by atoms with Crippen molar-refractivity contribution in [3.05, 3.63) is 0 Å². The Morgan fingerprint density at radius 1 is 1.29 bits per heavy atom. The predicted octanol–water partition coefficient (Wildman–Crippen LogP) is 0.851. The van der Waals surface area contributed by atoms with E-state index in [0.717, 1.165) is 0 Å². The first-order valence-corrected chi connectivity index (χ1v) is 6.02. The molecule has 2 atom stereocenters. The van der Waals surface area contributed by atoms with Gasteiger partial charge in [-0.05, 0) is 26.2 Å². The summed E-state index contributed by atoms with van der Waals surface area (Å²) in [7, 11) is 0. The molecule has 100 valence electrons. The summed E-state index contributed by atoms with van der Waals surface area (Å²) < 4.78 is 4.89. The number of rotatable bonds is 7. The van der Waals surface area contributed by atoms with Gasteiger partial charge in [0.1, 0.15) is 6.04 Å². The molecule has 0 fully saturated rings. The standard InChI is InChI=1S/C12H23NO4/c1-5-17-12(16)11(8(2)3)13-10(15)7-6-9(4)14/h8-9,11,14H,5-7H2,1-4H3,(H,13,15)/t9?,11-/m0/s1. The summed E-state index contributed by atoms with van der Waals surface area (Å²) in [5.74, 6) is -0.671. The van der Waals surface area contributed by atoms with Crippen molar-refractivity contribution in [1.29, 1.82) is 0 Å². The highest BCUT2D eigenvalue weighted by atomic mass is 16.5. The molecule has 0 aromatic heterocycles. The number of carbonyl (C=O) groups excluding carboxylic acids is 2. The Balaban J connectivity index is 4.25. The van der Waals surface area contributed by atoms with Crippen LogP contribution in [0.15, 0.2) is 0 Å². The number of carbonyl (C=O) groups is 2. The van der Waals surface area contributed by atoms with Crippen molar-refractivity contribution < 1.29 is 19.4 Å². The van der Waals surface area contributed by atoms with Crippen molar-refractivity contribution in [2.75, 3.05) is 6.61 Å². The summed E-state index contributed by atoms with van der Waals surface area (Å²) in [6.45, 7) is 7.34. The Morgan fingerprint density at radius 3 is 2.29 bits per heavy atom. The molecule has 0 aliphatic rings. The number of amides is 1. The molecule has 5 nitrogen and oxygen atoms in total. The van der Waals surface area contributed by atoms with Crippen molar-refractivity contribution in [2.24, 2.45) is 5.92 Å². The number of hydrogen-bond acceptors (Lipinski definition) is 4. The van der Waals surface area contributed by atoms with Gasteiger partial charge in [0.05, 0.1) is 12.7 Å². The van der Waals surface area contributed by atoms with E-state index in [-0.39, 0.29) is 18.2 Å². The lowest BCUT2D eigenvalue weighted by atomic mass is 10.0. The Bertz CT molecular complexity index is 251. The Kier molecular flexibility index (Phi) is 7.54. The maximum atomic E-state index is 11.6. The summed E-state index contributed by atoms with van der Waals surface area (Å²) in [6.07, 6.45) is 0.0839. The second-order valence-corrected chi connectivity index (χ2v) is 4.43. The molecule has 0 aromatic carbocycles. The molecule has 2 N–H and O–H groups in total. The highest BCUT2D eigenvalue weighted by Gasteiger charge is 2.25. The van der Waals surface area contributed by atoms with Crippen molar-refractivity contribution in [2.45, 2.75) is 52.7 Å². The topological polar surface area (TPSA) is 75.6 Å². The molecule has 0 bridgehead atoms. The van der Waals surface area contributed by atoms with Gasteiger partial charge in [-0.2, -0.15) is 0 Å². The maximum Gasteiger partial charge on any atom is 0.328 e. The predicted molar refractivity (Wildman–Crippen MR) is 64.3 cm³/mol. The van der Waals surface area contributed by atoms with Gasteiger partial charge in [0.2, 0.25) is 5.91 Å². The van der Waals surface area contributed by atoms with Crippen LogP contribution in [0, 0.1) is 5.92 Å². The summed E-state index contributed by atoms with van der Waals surface area (Å²) in [5, 5.41) is 11.7. The average molecular weight is 245 g/mol. The zero-order chi connectivity index (χ0) is 13.4. The monoisotopic (exact) mass is 245 g/mol. The molecular formula is C12H23NO4. The van der Waals surface area contributed by atoms with Crippen molar-refractivity contribution in [3.8, 4) is 0 Å². The Labute approximate surface area is 103 Å². The highest BCUT2D eigenvalue weighted by molar-refractivity contribution is 5.84. The zero-order valence-corrected chi connectivity index (χ0v) is 11.0. The van der Waals surface area contributed by atoms with Crippen LogP contribution in [-0.2, 0) is 14.3 Å². The van der Waals surface area contributed by atoms with Crippen LogP contribution in [0.2, 0.25) is 0 Å². The highest BCUT2D eigenvalue weighted by Crippen LogP contribution is 2.05. The van der Waals surface area contributed by atoms with Crippen LogP contribution in [0.1, 0.15) is 40.5 Å². The molecule has 17 heavy (non-hydrogen) atoms. The molecule has 1 amide bonds. The average Bonchev–Trinajstić information content (AvgIpc) is 2.22. The fraction of sp³-hybridized carbons (Fsp3) is 0.833. The maximum absolute atomic E-state index is 11.6. The summed E-state index contributed by atoms with van der Waals surface area (Å²) in [4.78, 5) is 23.1. The molecule has 0 aromatic rings. The quantitative estimate of drug-likeness (QED) is 0.652. The Morgan fingerprint density at radius 2 is 1.88 bits per heavy atom. The lowest BCUT2D eigenvalue weighted by Crippen LogP contribution is -2.45. The van der Waals surface area contributed by atoms with E-state index in [1.165, 1.54) is 0 Å². The first kappa shape index (κ1) is 15.9. The van der Waals surface area contributed by atoms with Crippen LogP contribution < -0.4 is 5.32 Å². The van der Waals surface area contributed by atoms with Gasteiger partial charge < -0.3 is 15.2 Å². The number of aliphatic hydroxyl groups excluding tert-OH is 1. The largest absolute Gasteiger partial charge is 0.464 e. The molecule has 1 unspecified atom stereocenters. The van der Waals surface area contributed by atoms with E-state index >= 15 is 0 Å². The number of hydrogen-bond donors (Lipinski definition) is 2. The van der Waals surface area contributed by atoms with Crippen molar-refractivity contribution >= 4 is 11.9 Å². The molecule has 0 aliphatic carbocycles. The van der Waals surface area contributed by atoms with Gasteiger partial charge in [-0.15, -0.1) is 0 Å². The lowest BCUT2D eigenvalue weighted by molar-refractivity contribution is -0.148. The van der Waals surface area contributed by atoms with Gasteiger partial charge >= 0.3 is 5.97 Å². The molecule has 0 radical (unpaired) electrons. The minimum Gasteiger partial charge on any atom is -0.464 e. The Hall–Kier alpha value is -1.10. The zero-order valence-electron chi connectivity index (χ0n) is 11.0. The van der Waals surface area contributed by atoms with Crippen LogP contribution in [0.25, 0.3) is 0 Å². The third-order valence-corrected chi connectivity index (χ3v) is 2.31. The molecule has 0 aliphatic heterocycles. The van der Waals surface area contributed by atoms with E-state index in [4.69, 9.17) is 9.84 Å². The van der Waals surface area contributed by atoms with Gasteiger partial charge in [-0.25, -0.2) is 4.79 Å². The summed E-state index contributed by atoms with van der Waals surface area (Å²) in [6, 6.07) is -0.614. The van der Waals surface area contributed by atoms with Crippen LogP contribution in [-0.4, -0.2) is 35.7 Å². The third kappa shape index (κ3) is 6.94. The van der Waals surface area contributed by atoms with Crippen molar-refractivity contribution in [3.63, 3.8) is 0 Å². The van der Waals surface area contributed by atoms with Crippen LogP contribution in [0.3, 0.4) is 0 Å². The first-order chi connectivity index (χ1) is 7.88. The van der Waals surface area contributed by atoms with E-state index in [0.29, 0.717) is 13.0 Å². The minimum atomic E-state index is -0.614. The van der Waals surface area contributed by atoms with Crippen LogP contribution in [0.5, 0.6) is 0 Å². The summed E-state index contributed by atoms with van der Waals surface area (Å²) >= 11 is 0. The fourth-order valence-corrected chi connectivity index (χ4v) is 1.32. The minimum absolute atomic E-state index is 0.0236. The van der Waals surface area contributed by atoms with E-state index in [1.54, 1.807) is 13.8 Å². The van der Waals surface area contributed by atoms with E-state index in [1.807, 2.05) is 13.8 Å². The summed E-state index contributed by atoms with van der Waals surface area (Å²) in [5.41, 5.74) is 0. The molecule has 0 spiro atoms. The van der Waals surface area contributed by atoms with Crippen LogP contribution >= 0.6 is 0 Å². The van der Waals surface area contributed by atoms with Crippen LogP contribution in [0.4, 0.5) is 0 Å². The van der Waals surface area contributed by atoms with Gasteiger partial charge in [0.25, 0.3) is 0 Å². The second kappa shape index (κ2) is 8.06.